The number of aromatic nitrogens is 2. The summed E-state index contributed by atoms with van der Waals surface area (Å²) in [6, 6.07) is 4.56. The van der Waals surface area contributed by atoms with Gasteiger partial charge in [0.15, 0.2) is 5.82 Å². The minimum Gasteiger partial charge on any atom is -0.478 e. The molecular weight excluding hydrogens is 246 g/mol. The summed E-state index contributed by atoms with van der Waals surface area (Å²) in [5, 5.41) is 8.96. The molecule has 6 nitrogen and oxygen atoms in total. The lowest BCUT2D eigenvalue weighted by atomic mass is 10.2. The average molecular weight is 261 g/mol. The van der Waals surface area contributed by atoms with Crippen LogP contribution in [0.1, 0.15) is 24.2 Å². The van der Waals surface area contributed by atoms with Gasteiger partial charge in [-0.3, -0.25) is 4.79 Å². The Balaban J connectivity index is 2.65. The molecule has 0 spiro atoms. The van der Waals surface area contributed by atoms with Crippen molar-refractivity contribution in [1.29, 1.82) is 0 Å². The first-order valence-corrected chi connectivity index (χ1v) is 5.90. The number of carboxylic acid groups (broad SMARTS) is 1. The van der Waals surface area contributed by atoms with E-state index in [9.17, 15) is 9.59 Å². The van der Waals surface area contributed by atoms with Gasteiger partial charge in [-0.05, 0) is 32.0 Å². The topological polar surface area (TPSA) is 86.3 Å². The molecule has 0 aliphatic rings. The van der Waals surface area contributed by atoms with Crippen molar-refractivity contribution >= 4 is 22.8 Å². The molecule has 2 rings (SSSR count). The van der Waals surface area contributed by atoms with Gasteiger partial charge in [-0.15, -0.1) is 0 Å². The molecule has 6 heteroatoms. The van der Waals surface area contributed by atoms with Gasteiger partial charge in [0.25, 0.3) is 5.56 Å². The number of hydrogen-bond acceptors (Lipinski definition) is 4. The van der Waals surface area contributed by atoms with Crippen molar-refractivity contribution in [1.82, 2.24) is 9.97 Å². The van der Waals surface area contributed by atoms with Gasteiger partial charge in [0.1, 0.15) is 0 Å². The molecule has 1 aromatic heterocycles. The minimum atomic E-state index is -1.02. The Morgan fingerprint density at radius 2 is 2.11 bits per heavy atom. The lowest BCUT2D eigenvalue weighted by molar-refractivity contribution is 0.0697. The second-order valence-corrected chi connectivity index (χ2v) is 4.63. The Hall–Kier alpha value is -2.37. The van der Waals surface area contributed by atoms with Crippen molar-refractivity contribution in [2.45, 2.75) is 19.9 Å². The monoisotopic (exact) mass is 261 g/mol. The van der Waals surface area contributed by atoms with Gasteiger partial charge in [0.2, 0.25) is 0 Å². The quantitative estimate of drug-likeness (QED) is 0.873. The number of benzene rings is 1. The van der Waals surface area contributed by atoms with Crippen LogP contribution < -0.4 is 10.5 Å². The lowest BCUT2D eigenvalue weighted by Crippen LogP contribution is -2.32. The van der Waals surface area contributed by atoms with Gasteiger partial charge in [0.05, 0.1) is 16.6 Å². The van der Waals surface area contributed by atoms with E-state index in [2.05, 4.69) is 9.97 Å². The summed E-state index contributed by atoms with van der Waals surface area (Å²) < 4.78 is 0. The second kappa shape index (κ2) is 4.72. The molecule has 0 aliphatic carbocycles. The van der Waals surface area contributed by atoms with E-state index in [-0.39, 0.29) is 23.0 Å². The summed E-state index contributed by atoms with van der Waals surface area (Å²) in [5.74, 6) is -0.737. The number of hydrogen-bond donors (Lipinski definition) is 2. The van der Waals surface area contributed by atoms with E-state index in [0.29, 0.717) is 11.0 Å². The molecule has 19 heavy (non-hydrogen) atoms. The van der Waals surface area contributed by atoms with Crippen molar-refractivity contribution in [2.24, 2.45) is 0 Å². The molecule has 0 unspecified atom stereocenters. The number of anilines is 1. The van der Waals surface area contributed by atoms with E-state index in [1.165, 1.54) is 12.1 Å². The van der Waals surface area contributed by atoms with Gasteiger partial charge in [-0.25, -0.2) is 9.78 Å². The van der Waals surface area contributed by atoms with Gasteiger partial charge >= 0.3 is 5.97 Å². The van der Waals surface area contributed by atoms with Crippen molar-refractivity contribution in [3.63, 3.8) is 0 Å². The van der Waals surface area contributed by atoms with Crippen LogP contribution in [0.15, 0.2) is 23.0 Å². The zero-order valence-electron chi connectivity index (χ0n) is 11.0. The van der Waals surface area contributed by atoms with Crippen molar-refractivity contribution in [2.75, 3.05) is 11.9 Å². The predicted octanol–water partition coefficient (Wildman–Crippen LogP) is 1.47. The summed E-state index contributed by atoms with van der Waals surface area (Å²) in [6.45, 7) is 3.89. The number of aromatic carboxylic acids is 1. The summed E-state index contributed by atoms with van der Waals surface area (Å²) in [5.41, 5.74) is 0.842. The first kappa shape index (κ1) is 13.1. The Kier molecular flexibility index (Phi) is 3.25. The number of nitrogens with zero attached hydrogens (tertiary/aromatic N) is 2. The summed E-state index contributed by atoms with van der Waals surface area (Å²) in [6.07, 6.45) is 0. The minimum absolute atomic E-state index is 0.119. The van der Waals surface area contributed by atoms with Crippen LogP contribution in [-0.2, 0) is 0 Å². The van der Waals surface area contributed by atoms with Crippen LogP contribution in [0.2, 0.25) is 0 Å². The van der Waals surface area contributed by atoms with E-state index < -0.39 is 5.97 Å². The van der Waals surface area contributed by atoms with E-state index in [1.54, 1.807) is 18.0 Å². The van der Waals surface area contributed by atoms with Crippen LogP contribution in [0.25, 0.3) is 11.0 Å². The third kappa shape index (κ3) is 2.42. The maximum Gasteiger partial charge on any atom is 0.335 e. The van der Waals surface area contributed by atoms with Crippen molar-refractivity contribution in [3.8, 4) is 0 Å². The number of rotatable bonds is 3. The van der Waals surface area contributed by atoms with Crippen molar-refractivity contribution < 1.29 is 9.90 Å². The van der Waals surface area contributed by atoms with E-state index in [0.717, 1.165) is 0 Å². The molecular formula is C13H15N3O3. The highest BCUT2D eigenvalue weighted by Gasteiger charge is 2.13. The summed E-state index contributed by atoms with van der Waals surface area (Å²) in [4.78, 5) is 31.6. The molecule has 0 saturated heterocycles. The van der Waals surface area contributed by atoms with Gasteiger partial charge in [-0.2, -0.15) is 0 Å². The Labute approximate surface area is 109 Å². The molecule has 0 amide bonds. The number of aromatic amines is 1. The molecule has 1 heterocycles. The molecule has 0 fully saturated rings. The highest BCUT2D eigenvalue weighted by atomic mass is 16.4. The fourth-order valence-electron chi connectivity index (χ4n) is 1.69. The zero-order valence-corrected chi connectivity index (χ0v) is 11.0. The van der Waals surface area contributed by atoms with E-state index >= 15 is 0 Å². The number of fused-ring (bicyclic) bond motifs is 1. The number of carboxylic acids is 1. The maximum absolute atomic E-state index is 11.9. The van der Waals surface area contributed by atoms with Crippen LogP contribution >= 0.6 is 0 Å². The molecule has 2 aromatic rings. The van der Waals surface area contributed by atoms with Crippen LogP contribution in [-0.4, -0.2) is 34.1 Å². The van der Waals surface area contributed by atoms with Gasteiger partial charge in [-0.1, -0.05) is 0 Å². The lowest BCUT2D eigenvalue weighted by Gasteiger charge is -2.21. The van der Waals surface area contributed by atoms with Crippen LogP contribution in [0, 0.1) is 0 Å². The molecule has 0 radical (unpaired) electrons. The Morgan fingerprint density at radius 1 is 1.42 bits per heavy atom. The highest BCUT2D eigenvalue weighted by molar-refractivity contribution is 5.92. The molecule has 1 aromatic carbocycles. The Morgan fingerprint density at radius 3 is 2.68 bits per heavy atom. The normalized spacial score (nSPS) is 10.9. The number of carbonyl (C=O) groups is 1. The summed E-state index contributed by atoms with van der Waals surface area (Å²) >= 11 is 0. The molecule has 0 atom stereocenters. The molecule has 100 valence electrons. The van der Waals surface area contributed by atoms with Gasteiger partial charge < -0.3 is 15.0 Å². The van der Waals surface area contributed by atoms with Crippen LogP contribution in [0.5, 0.6) is 0 Å². The first-order chi connectivity index (χ1) is 8.90. The second-order valence-electron chi connectivity index (χ2n) is 4.63. The van der Waals surface area contributed by atoms with Crippen molar-refractivity contribution in [3.05, 3.63) is 34.1 Å². The largest absolute Gasteiger partial charge is 0.478 e. The first-order valence-electron chi connectivity index (χ1n) is 5.90. The number of H-pyrrole nitrogens is 1. The Bertz CT molecular complexity index is 691. The van der Waals surface area contributed by atoms with Crippen LogP contribution in [0.3, 0.4) is 0 Å². The third-order valence-electron chi connectivity index (χ3n) is 3.03. The summed E-state index contributed by atoms with van der Waals surface area (Å²) in [7, 11) is 1.77. The molecule has 2 N–H and O–H groups in total. The predicted molar refractivity (Wildman–Crippen MR) is 72.9 cm³/mol. The smallest absolute Gasteiger partial charge is 0.335 e. The fourth-order valence-corrected chi connectivity index (χ4v) is 1.69. The molecule has 0 saturated carbocycles. The van der Waals surface area contributed by atoms with Gasteiger partial charge in [0, 0.05) is 13.1 Å². The van der Waals surface area contributed by atoms with Crippen LogP contribution in [0.4, 0.5) is 5.82 Å². The third-order valence-corrected chi connectivity index (χ3v) is 3.03. The molecule has 0 aliphatic heterocycles. The fraction of sp³-hybridized carbons (Fsp3) is 0.308. The standard InChI is InChI=1S/C13H15N3O3/c1-7(2)16(3)11-12(17)15-9-5-4-8(13(18)19)6-10(9)14-11/h4-7H,1-3H3,(H,15,17)(H,18,19). The highest BCUT2D eigenvalue weighted by Crippen LogP contribution is 2.14. The number of nitrogens with one attached hydrogen (secondary N) is 1. The average Bonchev–Trinajstić information content (AvgIpc) is 2.36. The maximum atomic E-state index is 11.9. The zero-order chi connectivity index (χ0) is 14.2. The SMILES string of the molecule is CC(C)N(C)c1nc2cc(C(=O)O)ccc2[nH]c1=O. The van der Waals surface area contributed by atoms with E-state index in [1.807, 2.05) is 13.8 Å². The van der Waals surface area contributed by atoms with E-state index in [4.69, 9.17) is 5.11 Å². The molecule has 0 bridgehead atoms.